The van der Waals surface area contributed by atoms with Crippen molar-refractivity contribution in [2.45, 2.75) is 13.1 Å². The molecule has 21 heavy (non-hydrogen) atoms. The number of esters is 2. The van der Waals surface area contributed by atoms with Crippen molar-refractivity contribution in [3.63, 3.8) is 0 Å². The van der Waals surface area contributed by atoms with Gasteiger partial charge in [0, 0.05) is 37.4 Å². The number of ether oxygens (including phenoxy) is 2. The molecule has 0 aliphatic rings. The number of carbonyl (C=O) groups is 4. The van der Waals surface area contributed by atoms with Gasteiger partial charge in [-0.05, 0) is 0 Å². The number of rotatable bonds is 6. The third kappa shape index (κ3) is 9.16. The topological polar surface area (TPSA) is 105 Å². The average molecular weight is 316 g/mol. The van der Waals surface area contributed by atoms with Crippen molar-refractivity contribution in [1.29, 1.82) is 0 Å². The lowest BCUT2D eigenvalue weighted by Gasteiger charge is -2.20. The molecule has 0 N–H and O–H groups in total. The summed E-state index contributed by atoms with van der Waals surface area (Å²) in [6, 6.07) is 0. The molecular formula is C12H16O8Si. The van der Waals surface area contributed by atoms with Gasteiger partial charge >= 0.3 is 32.4 Å². The summed E-state index contributed by atoms with van der Waals surface area (Å²) in [6.45, 7) is 2.89. The van der Waals surface area contributed by atoms with E-state index in [9.17, 15) is 19.2 Å². The lowest BCUT2D eigenvalue weighted by Crippen LogP contribution is -2.38. The standard InChI is InChI=1S/C12H16O8Si/c1-17-9(13)5-7-11(15)19-21(3,4)20-12(16)8-6-10(14)18-2/h5-8H,1-4H3/b7-5+,8-6+. The monoisotopic (exact) mass is 316 g/mol. The smallest absolute Gasteiger partial charge is 0.458 e. The molecule has 0 fully saturated rings. The summed E-state index contributed by atoms with van der Waals surface area (Å²) in [6.07, 6.45) is 3.48. The molecular weight excluding hydrogens is 300 g/mol. The first kappa shape index (κ1) is 18.6. The largest absolute Gasteiger partial charge is 0.482 e. The Morgan fingerprint density at radius 2 is 0.952 bits per heavy atom. The molecule has 0 aromatic heterocycles. The third-order valence-electron chi connectivity index (χ3n) is 1.81. The molecule has 9 heteroatoms. The zero-order chi connectivity index (χ0) is 16.5. The zero-order valence-electron chi connectivity index (χ0n) is 12.1. The van der Waals surface area contributed by atoms with Crippen LogP contribution in [0, 0.1) is 0 Å². The van der Waals surface area contributed by atoms with Crippen molar-refractivity contribution in [2.24, 2.45) is 0 Å². The van der Waals surface area contributed by atoms with Gasteiger partial charge in [-0.25, -0.2) is 19.2 Å². The van der Waals surface area contributed by atoms with Crippen LogP contribution in [-0.4, -0.2) is 46.7 Å². The van der Waals surface area contributed by atoms with Gasteiger partial charge < -0.3 is 18.3 Å². The molecule has 0 bridgehead atoms. The first-order chi connectivity index (χ1) is 9.70. The summed E-state index contributed by atoms with van der Waals surface area (Å²) in [5, 5.41) is 0. The van der Waals surface area contributed by atoms with Crippen LogP contribution in [0.3, 0.4) is 0 Å². The molecule has 0 atom stereocenters. The number of carbonyl (C=O) groups excluding carboxylic acids is 4. The highest BCUT2D eigenvalue weighted by Crippen LogP contribution is 2.08. The second-order valence-corrected chi connectivity index (χ2v) is 7.16. The molecule has 0 radical (unpaired) electrons. The number of hydrogen-bond donors (Lipinski definition) is 0. The van der Waals surface area contributed by atoms with Gasteiger partial charge in [-0.3, -0.25) is 0 Å². The van der Waals surface area contributed by atoms with Crippen LogP contribution in [-0.2, 0) is 37.5 Å². The summed E-state index contributed by atoms with van der Waals surface area (Å²) in [4.78, 5) is 44.4. The van der Waals surface area contributed by atoms with E-state index in [-0.39, 0.29) is 0 Å². The Bertz CT molecular complexity index is 436. The molecule has 0 aromatic carbocycles. The van der Waals surface area contributed by atoms with Gasteiger partial charge in [-0.2, -0.15) is 0 Å². The molecule has 0 saturated carbocycles. The zero-order valence-corrected chi connectivity index (χ0v) is 13.1. The van der Waals surface area contributed by atoms with Crippen molar-refractivity contribution in [3.8, 4) is 0 Å². The summed E-state index contributed by atoms with van der Waals surface area (Å²) < 4.78 is 18.5. The van der Waals surface area contributed by atoms with Crippen LogP contribution in [0.2, 0.25) is 13.1 Å². The average Bonchev–Trinajstić information content (AvgIpc) is 2.40. The maximum Gasteiger partial charge on any atom is 0.458 e. The van der Waals surface area contributed by atoms with Crippen LogP contribution in [0.5, 0.6) is 0 Å². The van der Waals surface area contributed by atoms with Crippen LogP contribution in [0.1, 0.15) is 0 Å². The van der Waals surface area contributed by atoms with Gasteiger partial charge in [0.1, 0.15) is 0 Å². The molecule has 0 aliphatic carbocycles. The second-order valence-electron chi connectivity index (χ2n) is 3.96. The van der Waals surface area contributed by atoms with Crippen LogP contribution in [0.4, 0.5) is 0 Å². The Labute approximate surface area is 122 Å². The minimum absolute atomic E-state index is 0.718. The Balaban J connectivity index is 4.49. The number of hydrogen-bond acceptors (Lipinski definition) is 8. The summed E-state index contributed by atoms with van der Waals surface area (Å²) in [7, 11) is -0.782. The van der Waals surface area contributed by atoms with Crippen molar-refractivity contribution in [1.82, 2.24) is 0 Å². The van der Waals surface area contributed by atoms with Crippen LogP contribution >= 0.6 is 0 Å². The maximum absolute atomic E-state index is 11.4. The van der Waals surface area contributed by atoms with Crippen LogP contribution < -0.4 is 0 Å². The molecule has 0 spiro atoms. The van der Waals surface area contributed by atoms with Crippen molar-refractivity contribution in [3.05, 3.63) is 24.3 Å². The minimum Gasteiger partial charge on any atom is -0.482 e. The van der Waals surface area contributed by atoms with E-state index in [2.05, 4.69) is 9.47 Å². The Morgan fingerprint density at radius 3 is 1.24 bits per heavy atom. The van der Waals surface area contributed by atoms with E-state index in [1.807, 2.05) is 0 Å². The Kier molecular flexibility index (Phi) is 7.69. The predicted octanol–water partition coefficient (Wildman–Crippen LogP) is 0.233. The Hall–Kier alpha value is -2.42. The fraction of sp³-hybridized carbons (Fsp3) is 0.333. The van der Waals surface area contributed by atoms with Crippen molar-refractivity contribution in [2.75, 3.05) is 14.2 Å². The molecule has 8 nitrogen and oxygen atoms in total. The summed E-state index contributed by atoms with van der Waals surface area (Å²) in [5.41, 5.74) is 0. The predicted molar refractivity (Wildman–Crippen MR) is 72.0 cm³/mol. The lowest BCUT2D eigenvalue weighted by molar-refractivity contribution is -0.138. The summed E-state index contributed by atoms with van der Waals surface area (Å²) >= 11 is 0. The van der Waals surface area contributed by atoms with E-state index < -0.39 is 32.4 Å². The highest BCUT2D eigenvalue weighted by molar-refractivity contribution is 6.68. The second kappa shape index (κ2) is 8.69. The first-order valence-electron chi connectivity index (χ1n) is 5.68. The van der Waals surface area contributed by atoms with E-state index in [0.29, 0.717) is 0 Å². The van der Waals surface area contributed by atoms with Gasteiger partial charge in [-0.15, -0.1) is 0 Å². The fourth-order valence-corrected chi connectivity index (χ4v) is 2.13. The van der Waals surface area contributed by atoms with Gasteiger partial charge in [0.05, 0.1) is 14.2 Å². The molecule has 0 amide bonds. The Morgan fingerprint density at radius 1 is 0.667 bits per heavy atom. The van der Waals surface area contributed by atoms with E-state index in [1.165, 1.54) is 13.1 Å². The number of methoxy groups -OCH3 is 2. The molecule has 116 valence electrons. The van der Waals surface area contributed by atoms with Gasteiger partial charge in [0.15, 0.2) is 0 Å². The third-order valence-corrected chi connectivity index (χ3v) is 3.19. The van der Waals surface area contributed by atoms with Gasteiger partial charge in [-0.1, -0.05) is 0 Å². The molecule has 0 aliphatic heterocycles. The van der Waals surface area contributed by atoms with E-state index in [1.54, 1.807) is 0 Å². The first-order valence-corrected chi connectivity index (χ1v) is 8.50. The van der Waals surface area contributed by atoms with Gasteiger partial charge in [0.2, 0.25) is 0 Å². The van der Waals surface area contributed by atoms with Crippen molar-refractivity contribution >= 4 is 32.4 Å². The van der Waals surface area contributed by atoms with Gasteiger partial charge in [0.25, 0.3) is 0 Å². The van der Waals surface area contributed by atoms with Crippen LogP contribution in [0.15, 0.2) is 24.3 Å². The van der Waals surface area contributed by atoms with Crippen LogP contribution in [0.25, 0.3) is 0 Å². The van der Waals surface area contributed by atoms with E-state index >= 15 is 0 Å². The molecule has 0 rings (SSSR count). The highest BCUT2D eigenvalue weighted by atomic mass is 28.4. The molecule has 0 aromatic rings. The lowest BCUT2D eigenvalue weighted by atomic mass is 10.5. The quantitative estimate of drug-likeness (QED) is 0.389. The highest BCUT2D eigenvalue weighted by Gasteiger charge is 2.32. The SMILES string of the molecule is COC(=O)/C=C/C(=O)O[Si](C)(C)OC(=O)/C=C/C(=O)OC. The van der Waals surface area contributed by atoms with E-state index in [4.69, 9.17) is 8.85 Å². The molecule has 0 saturated heterocycles. The van der Waals surface area contributed by atoms with Crippen molar-refractivity contribution < 1.29 is 37.5 Å². The van der Waals surface area contributed by atoms with E-state index in [0.717, 1.165) is 38.5 Å². The fourth-order valence-electron chi connectivity index (χ4n) is 0.982. The minimum atomic E-state index is -3.10. The normalized spacial score (nSPS) is 11.2. The maximum atomic E-state index is 11.4. The molecule has 0 heterocycles. The molecule has 0 unspecified atom stereocenters. The summed E-state index contributed by atoms with van der Waals surface area (Å²) in [5.74, 6) is -3.13.